The number of carbonyl (C=O) groups excluding carboxylic acids is 1. The Balaban J connectivity index is 2.45. The van der Waals surface area contributed by atoms with Gasteiger partial charge in [0, 0.05) is 25.9 Å². The highest BCUT2D eigenvalue weighted by Gasteiger charge is 1.92. The van der Waals surface area contributed by atoms with Crippen LogP contribution in [-0.2, 0) is 7.05 Å². The number of hydrogen-bond donors (Lipinski definition) is 2. The predicted octanol–water partition coefficient (Wildman–Crippen LogP) is -0.317. The number of nitrogens with one attached hydrogen (secondary N) is 2. The lowest BCUT2D eigenvalue weighted by Gasteiger charge is -1.94. The first kappa shape index (κ1) is 9.24. The van der Waals surface area contributed by atoms with Gasteiger partial charge >= 0.3 is 6.03 Å². The van der Waals surface area contributed by atoms with E-state index in [0.717, 1.165) is 5.56 Å². The van der Waals surface area contributed by atoms with Crippen LogP contribution in [0.1, 0.15) is 5.56 Å². The minimum absolute atomic E-state index is 0.347. The Morgan fingerprint density at radius 1 is 1.77 bits per heavy atom. The number of carbonyl (C=O) groups is 1. The van der Waals surface area contributed by atoms with Gasteiger partial charge in [-0.3, -0.25) is 4.68 Å². The second-order valence-corrected chi connectivity index (χ2v) is 2.40. The van der Waals surface area contributed by atoms with Crippen LogP contribution >= 0.6 is 0 Å². The third kappa shape index (κ3) is 2.94. The second-order valence-electron chi connectivity index (χ2n) is 2.40. The lowest BCUT2D eigenvalue weighted by molar-refractivity contribution is 0.243. The maximum atomic E-state index is 10.7. The van der Waals surface area contributed by atoms with E-state index in [1.54, 1.807) is 17.1 Å². The number of hydrogen-bond acceptors (Lipinski definition) is 3. The average molecular weight is 181 g/mol. The molecule has 0 saturated heterocycles. The van der Waals surface area contributed by atoms with Crippen molar-refractivity contribution in [2.45, 2.75) is 0 Å². The summed E-state index contributed by atoms with van der Waals surface area (Å²) in [7, 11) is 3.33. The molecule has 2 N–H and O–H groups in total. The van der Waals surface area contributed by atoms with Crippen molar-refractivity contribution in [3.8, 4) is 0 Å². The van der Waals surface area contributed by atoms with E-state index in [1.165, 1.54) is 13.3 Å². The van der Waals surface area contributed by atoms with Gasteiger partial charge in [-0.2, -0.15) is 10.2 Å². The topological polar surface area (TPSA) is 71.3 Å². The van der Waals surface area contributed by atoms with E-state index in [1.807, 2.05) is 7.05 Å². The number of nitrogens with zero attached hydrogens (tertiary/aromatic N) is 3. The minimum Gasteiger partial charge on any atom is -0.340 e. The van der Waals surface area contributed by atoms with Crippen molar-refractivity contribution in [1.29, 1.82) is 0 Å². The van der Waals surface area contributed by atoms with E-state index in [0.29, 0.717) is 0 Å². The third-order valence-corrected chi connectivity index (χ3v) is 1.33. The molecule has 0 spiro atoms. The van der Waals surface area contributed by atoms with Gasteiger partial charge in [-0.1, -0.05) is 0 Å². The van der Waals surface area contributed by atoms with Gasteiger partial charge in [0.05, 0.1) is 12.4 Å². The summed E-state index contributed by atoms with van der Waals surface area (Å²) in [6, 6.07) is -0.347. The molecule has 0 unspecified atom stereocenters. The summed E-state index contributed by atoms with van der Waals surface area (Å²) in [5.41, 5.74) is 3.10. The largest absolute Gasteiger partial charge is 0.340 e. The number of amides is 2. The molecule has 70 valence electrons. The molecule has 0 atom stereocenters. The Hall–Kier alpha value is -1.85. The highest BCUT2D eigenvalue weighted by atomic mass is 16.2. The molecular weight excluding hydrogens is 170 g/mol. The van der Waals surface area contributed by atoms with Gasteiger partial charge in [-0.15, -0.1) is 0 Å². The molecule has 13 heavy (non-hydrogen) atoms. The normalized spacial score (nSPS) is 10.3. The molecule has 1 rings (SSSR count). The first-order chi connectivity index (χ1) is 6.22. The van der Waals surface area contributed by atoms with Crippen LogP contribution in [0.5, 0.6) is 0 Å². The average Bonchev–Trinajstić information content (AvgIpc) is 2.51. The lowest BCUT2D eigenvalue weighted by Crippen LogP contribution is -2.28. The van der Waals surface area contributed by atoms with Gasteiger partial charge in [-0.05, 0) is 0 Å². The fourth-order valence-corrected chi connectivity index (χ4v) is 0.728. The van der Waals surface area contributed by atoms with E-state index in [4.69, 9.17) is 0 Å². The number of urea groups is 1. The maximum absolute atomic E-state index is 10.7. The lowest BCUT2D eigenvalue weighted by atomic mass is 10.4. The molecule has 0 aromatic carbocycles. The minimum atomic E-state index is -0.347. The van der Waals surface area contributed by atoms with Gasteiger partial charge in [0.1, 0.15) is 0 Å². The smallest absolute Gasteiger partial charge is 0.334 e. The zero-order valence-electron chi connectivity index (χ0n) is 7.48. The van der Waals surface area contributed by atoms with E-state index in [2.05, 4.69) is 20.9 Å². The van der Waals surface area contributed by atoms with Crippen molar-refractivity contribution in [2.75, 3.05) is 7.05 Å². The molecule has 0 aliphatic carbocycles. The van der Waals surface area contributed by atoms with Crippen LogP contribution < -0.4 is 10.7 Å². The molecule has 2 amide bonds. The predicted molar refractivity (Wildman–Crippen MR) is 48.4 cm³/mol. The Bertz CT molecular complexity index is 316. The molecule has 0 radical (unpaired) electrons. The Morgan fingerprint density at radius 2 is 2.54 bits per heavy atom. The van der Waals surface area contributed by atoms with Crippen molar-refractivity contribution >= 4 is 12.2 Å². The summed E-state index contributed by atoms with van der Waals surface area (Å²) in [6.07, 6.45) is 4.95. The first-order valence-electron chi connectivity index (χ1n) is 3.72. The summed E-state index contributed by atoms with van der Waals surface area (Å²) >= 11 is 0. The fourth-order valence-electron chi connectivity index (χ4n) is 0.728. The number of rotatable bonds is 2. The molecule has 0 aliphatic rings. The van der Waals surface area contributed by atoms with Crippen molar-refractivity contribution in [3.05, 3.63) is 18.0 Å². The monoisotopic (exact) mass is 181 g/mol. The maximum Gasteiger partial charge on any atom is 0.334 e. The van der Waals surface area contributed by atoms with E-state index >= 15 is 0 Å². The quantitative estimate of drug-likeness (QED) is 0.485. The highest BCUT2D eigenvalue weighted by molar-refractivity contribution is 5.81. The van der Waals surface area contributed by atoms with Gasteiger partial charge in [0.2, 0.25) is 0 Å². The second kappa shape index (κ2) is 4.24. The SMILES string of the molecule is CNC(=O)N/N=C/c1cnn(C)c1. The van der Waals surface area contributed by atoms with Crippen LogP contribution in [0.15, 0.2) is 17.5 Å². The molecule has 0 saturated carbocycles. The van der Waals surface area contributed by atoms with E-state index in [-0.39, 0.29) is 6.03 Å². The van der Waals surface area contributed by atoms with Gasteiger partial charge < -0.3 is 5.32 Å². The van der Waals surface area contributed by atoms with Crippen molar-refractivity contribution in [3.63, 3.8) is 0 Å². The van der Waals surface area contributed by atoms with Crippen LogP contribution in [0.2, 0.25) is 0 Å². The van der Waals surface area contributed by atoms with Crippen molar-refractivity contribution in [2.24, 2.45) is 12.1 Å². The zero-order chi connectivity index (χ0) is 9.68. The third-order valence-electron chi connectivity index (χ3n) is 1.33. The molecule has 1 aromatic heterocycles. The van der Waals surface area contributed by atoms with E-state index in [9.17, 15) is 4.79 Å². The summed E-state index contributed by atoms with van der Waals surface area (Å²) in [5, 5.41) is 9.99. The fraction of sp³-hybridized carbons (Fsp3) is 0.286. The molecular formula is C7H11N5O. The van der Waals surface area contributed by atoms with Crippen molar-refractivity contribution < 1.29 is 4.79 Å². The molecule has 1 heterocycles. The van der Waals surface area contributed by atoms with Crippen LogP contribution in [-0.4, -0.2) is 29.1 Å². The van der Waals surface area contributed by atoms with Gasteiger partial charge in [0.25, 0.3) is 0 Å². The molecule has 0 bridgehead atoms. The Kier molecular flexibility index (Phi) is 3.02. The molecule has 6 heteroatoms. The summed E-state index contributed by atoms with van der Waals surface area (Å²) in [5.74, 6) is 0. The zero-order valence-corrected chi connectivity index (χ0v) is 7.48. The van der Waals surface area contributed by atoms with Crippen LogP contribution in [0.3, 0.4) is 0 Å². The van der Waals surface area contributed by atoms with Crippen LogP contribution in [0, 0.1) is 0 Å². The molecule has 0 aliphatic heterocycles. The first-order valence-corrected chi connectivity index (χ1v) is 3.72. The summed E-state index contributed by atoms with van der Waals surface area (Å²) < 4.78 is 1.65. The van der Waals surface area contributed by atoms with Gasteiger partial charge in [-0.25, -0.2) is 10.2 Å². The Labute approximate surface area is 75.6 Å². The highest BCUT2D eigenvalue weighted by Crippen LogP contribution is 1.89. The molecule has 0 fully saturated rings. The number of aryl methyl sites for hydroxylation is 1. The summed E-state index contributed by atoms with van der Waals surface area (Å²) in [4.78, 5) is 10.7. The van der Waals surface area contributed by atoms with E-state index < -0.39 is 0 Å². The molecule has 6 nitrogen and oxygen atoms in total. The molecule has 1 aromatic rings. The standard InChI is InChI=1S/C7H11N5O/c1-8-7(13)11-9-3-6-4-10-12(2)5-6/h3-5H,1-2H3,(H2,8,11,13)/b9-3+. The van der Waals surface area contributed by atoms with Crippen LogP contribution in [0.4, 0.5) is 4.79 Å². The summed E-state index contributed by atoms with van der Waals surface area (Å²) in [6.45, 7) is 0. The van der Waals surface area contributed by atoms with Crippen LogP contribution in [0.25, 0.3) is 0 Å². The van der Waals surface area contributed by atoms with Gasteiger partial charge in [0.15, 0.2) is 0 Å². The Morgan fingerprint density at radius 3 is 3.08 bits per heavy atom. The number of hydrazone groups is 1. The number of aromatic nitrogens is 2. The van der Waals surface area contributed by atoms with Crippen molar-refractivity contribution in [1.82, 2.24) is 20.5 Å².